The smallest absolute Gasteiger partial charge is 0.321 e. The molecule has 1 N–H and O–H groups in total. The molecule has 1 aliphatic carbocycles. The van der Waals surface area contributed by atoms with Crippen LogP contribution in [0.15, 0.2) is 30.6 Å². The molecule has 5 heteroatoms. The molecule has 2 bridgehead atoms. The zero-order valence-corrected chi connectivity index (χ0v) is 14.5. The van der Waals surface area contributed by atoms with E-state index in [0.717, 1.165) is 36.1 Å². The van der Waals surface area contributed by atoms with Crippen molar-refractivity contribution < 1.29 is 4.79 Å². The number of fused-ring (bicyclic) bond motifs is 3. The molecular weight excluding hydrogens is 300 g/mol. The SMILES string of the molecule is C[C@H]1[C@H]2C[C@H](CC1(C)C)N(C(=O)Nc1ccc3nccnc3c1)C2. The van der Waals surface area contributed by atoms with Crippen LogP contribution in [-0.4, -0.2) is 33.5 Å². The summed E-state index contributed by atoms with van der Waals surface area (Å²) in [6.45, 7) is 7.87. The number of hydrogen-bond donors (Lipinski definition) is 1. The molecule has 5 nitrogen and oxygen atoms in total. The lowest BCUT2D eigenvalue weighted by molar-refractivity contribution is 0.104. The number of anilines is 1. The monoisotopic (exact) mass is 324 g/mol. The Bertz CT molecular complexity index is 788. The minimum atomic E-state index is 0.00985. The van der Waals surface area contributed by atoms with Gasteiger partial charge in [0.05, 0.1) is 11.0 Å². The summed E-state index contributed by atoms with van der Waals surface area (Å²) in [6.07, 6.45) is 5.57. The van der Waals surface area contributed by atoms with Crippen molar-refractivity contribution >= 4 is 22.8 Å². The van der Waals surface area contributed by atoms with Gasteiger partial charge in [0.2, 0.25) is 0 Å². The maximum Gasteiger partial charge on any atom is 0.322 e. The van der Waals surface area contributed by atoms with Gasteiger partial charge in [0, 0.05) is 30.7 Å². The molecule has 4 rings (SSSR count). The Balaban J connectivity index is 1.52. The van der Waals surface area contributed by atoms with Gasteiger partial charge in [-0.3, -0.25) is 9.97 Å². The highest BCUT2D eigenvalue weighted by molar-refractivity contribution is 5.92. The van der Waals surface area contributed by atoms with E-state index in [1.807, 2.05) is 23.1 Å². The highest BCUT2D eigenvalue weighted by Gasteiger charge is 2.48. The summed E-state index contributed by atoms with van der Waals surface area (Å²) in [5.41, 5.74) is 2.72. The van der Waals surface area contributed by atoms with E-state index in [9.17, 15) is 4.79 Å². The average Bonchev–Trinajstić information content (AvgIpc) is 2.92. The fourth-order valence-corrected chi connectivity index (χ4v) is 4.43. The summed E-state index contributed by atoms with van der Waals surface area (Å²) in [4.78, 5) is 23.4. The van der Waals surface area contributed by atoms with Crippen molar-refractivity contribution in [3.05, 3.63) is 30.6 Å². The fourth-order valence-electron chi connectivity index (χ4n) is 4.43. The molecule has 2 amide bonds. The summed E-state index contributed by atoms with van der Waals surface area (Å²) in [6, 6.07) is 6.04. The van der Waals surface area contributed by atoms with E-state index in [1.165, 1.54) is 0 Å². The third-order valence-electron chi connectivity index (χ3n) is 6.13. The number of amides is 2. The van der Waals surface area contributed by atoms with E-state index in [-0.39, 0.29) is 6.03 Å². The molecule has 1 aromatic carbocycles. The van der Waals surface area contributed by atoms with Crippen molar-refractivity contribution in [2.24, 2.45) is 17.3 Å². The Morgan fingerprint density at radius 1 is 1.25 bits per heavy atom. The van der Waals surface area contributed by atoms with Crippen LogP contribution in [0, 0.1) is 17.3 Å². The number of carbonyl (C=O) groups excluding carboxylic acids is 1. The third kappa shape index (κ3) is 2.52. The minimum absolute atomic E-state index is 0.00985. The Hall–Kier alpha value is -2.17. The molecule has 2 aromatic rings. The zero-order valence-electron chi connectivity index (χ0n) is 14.5. The summed E-state index contributed by atoms with van der Waals surface area (Å²) in [5, 5.41) is 3.05. The van der Waals surface area contributed by atoms with Crippen LogP contribution in [-0.2, 0) is 0 Å². The van der Waals surface area contributed by atoms with Crippen LogP contribution >= 0.6 is 0 Å². The molecule has 1 saturated carbocycles. The number of carbonyl (C=O) groups is 1. The van der Waals surface area contributed by atoms with E-state index in [4.69, 9.17) is 0 Å². The van der Waals surface area contributed by atoms with Crippen molar-refractivity contribution in [2.75, 3.05) is 11.9 Å². The minimum Gasteiger partial charge on any atom is -0.321 e. The topological polar surface area (TPSA) is 58.1 Å². The summed E-state index contributed by atoms with van der Waals surface area (Å²) >= 11 is 0. The van der Waals surface area contributed by atoms with Crippen LogP contribution in [0.5, 0.6) is 0 Å². The quantitative estimate of drug-likeness (QED) is 0.865. The molecular formula is C19H24N4O. The van der Waals surface area contributed by atoms with Crippen LogP contribution in [0.1, 0.15) is 33.6 Å². The van der Waals surface area contributed by atoms with E-state index in [2.05, 4.69) is 36.1 Å². The Kier molecular flexibility index (Phi) is 3.48. The maximum absolute atomic E-state index is 12.8. The predicted octanol–water partition coefficient (Wildman–Crippen LogP) is 3.92. The zero-order chi connectivity index (χ0) is 16.9. The second kappa shape index (κ2) is 5.43. The van der Waals surface area contributed by atoms with Gasteiger partial charge in [-0.15, -0.1) is 0 Å². The Labute approximate surface area is 142 Å². The first-order chi connectivity index (χ1) is 11.4. The van der Waals surface area contributed by atoms with Gasteiger partial charge in [0.15, 0.2) is 0 Å². The normalized spacial score (nSPS) is 28.1. The van der Waals surface area contributed by atoms with Crippen LogP contribution < -0.4 is 5.32 Å². The first-order valence-corrected chi connectivity index (χ1v) is 8.72. The maximum atomic E-state index is 12.8. The van der Waals surface area contributed by atoms with Gasteiger partial charge in [0.25, 0.3) is 0 Å². The third-order valence-corrected chi connectivity index (χ3v) is 6.13. The van der Waals surface area contributed by atoms with E-state index in [0.29, 0.717) is 23.3 Å². The fraction of sp³-hybridized carbons (Fsp3) is 0.526. The first kappa shape index (κ1) is 15.4. The standard InChI is InChI=1S/C19H24N4O/c1-12-13-8-15(10-19(12,2)3)23(11-13)18(24)22-14-4-5-16-17(9-14)21-7-6-20-16/h4-7,9,12-13,15H,8,10-11H2,1-3H3,(H,22,24)/t12-,13-,15+/m0/s1. The average molecular weight is 324 g/mol. The molecule has 3 atom stereocenters. The Morgan fingerprint density at radius 2 is 2.00 bits per heavy atom. The molecule has 0 unspecified atom stereocenters. The number of benzene rings is 1. The van der Waals surface area contributed by atoms with Crippen molar-refractivity contribution in [1.29, 1.82) is 0 Å². The number of urea groups is 1. The predicted molar refractivity (Wildman–Crippen MR) is 94.7 cm³/mol. The van der Waals surface area contributed by atoms with Crippen LogP contribution in [0.4, 0.5) is 10.5 Å². The van der Waals surface area contributed by atoms with Gasteiger partial charge in [-0.1, -0.05) is 20.8 Å². The number of nitrogens with one attached hydrogen (secondary N) is 1. The van der Waals surface area contributed by atoms with Crippen molar-refractivity contribution in [3.63, 3.8) is 0 Å². The van der Waals surface area contributed by atoms with Gasteiger partial charge >= 0.3 is 6.03 Å². The lowest BCUT2D eigenvalue weighted by Crippen LogP contribution is -2.41. The highest BCUT2D eigenvalue weighted by atomic mass is 16.2. The first-order valence-electron chi connectivity index (χ1n) is 8.72. The van der Waals surface area contributed by atoms with Gasteiger partial charge in [0.1, 0.15) is 0 Å². The van der Waals surface area contributed by atoms with Crippen molar-refractivity contribution in [2.45, 2.75) is 39.7 Å². The largest absolute Gasteiger partial charge is 0.322 e. The molecule has 1 saturated heterocycles. The summed E-state index contributed by atoms with van der Waals surface area (Å²) in [7, 11) is 0. The highest BCUT2D eigenvalue weighted by Crippen LogP contribution is 2.49. The lowest BCUT2D eigenvalue weighted by atomic mass is 9.65. The van der Waals surface area contributed by atoms with E-state index >= 15 is 0 Å². The van der Waals surface area contributed by atoms with Crippen molar-refractivity contribution in [1.82, 2.24) is 14.9 Å². The number of likely N-dealkylation sites (tertiary alicyclic amines) is 1. The molecule has 1 aliphatic heterocycles. The summed E-state index contributed by atoms with van der Waals surface area (Å²) in [5.74, 6) is 1.27. The van der Waals surface area contributed by atoms with Gasteiger partial charge < -0.3 is 10.2 Å². The summed E-state index contributed by atoms with van der Waals surface area (Å²) < 4.78 is 0. The molecule has 2 aliphatic rings. The molecule has 2 heterocycles. The molecule has 126 valence electrons. The molecule has 1 aromatic heterocycles. The van der Waals surface area contributed by atoms with E-state index < -0.39 is 0 Å². The van der Waals surface area contributed by atoms with Gasteiger partial charge in [-0.25, -0.2) is 4.79 Å². The van der Waals surface area contributed by atoms with Gasteiger partial charge in [-0.2, -0.15) is 0 Å². The van der Waals surface area contributed by atoms with Crippen LogP contribution in [0.3, 0.4) is 0 Å². The number of rotatable bonds is 1. The molecule has 24 heavy (non-hydrogen) atoms. The van der Waals surface area contributed by atoms with Crippen molar-refractivity contribution in [3.8, 4) is 0 Å². The van der Waals surface area contributed by atoms with Gasteiger partial charge in [-0.05, 0) is 48.3 Å². The second-order valence-corrected chi connectivity index (χ2v) is 7.97. The van der Waals surface area contributed by atoms with E-state index in [1.54, 1.807) is 12.4 Å². The number of hydrogen-bond acceptors (Lipinski definition) is 3. The number of aromatic nitrogens is 2. The molecule has 0 spiro atoms. The number of nitrogens with zero attached hydrogens (tertiary/aromatic N) is 3. The molecule has 2 fully saturated rings. The Morgan fingerprint density at radius 3 is 2.79 bits per heavy atom. The van der Waals surface area contributed by atoms with Crippen LogP contribution in [0.2, 0.25) is 0 Å². The lowest BCUT2D eigenvalue weighted by Gasteiger charge is -2.40. The van der Waals surface area contributed by atoms with Crippen LogP contribution in [0.25, 0.3) is 11.0 Å². The second-order valence-electron chi connectivity index (χ2n) is 7.97. The molecule has 0 radical (unpaired) electrons.